The summed E-state index contributed by atoms with van der Waals surface area (Å²) in [5.41, 5.74) is 3.70. The molecular weight excluding hydrogens is 312 g/mol. The molecule has 1 heterocycles. The topological polar surface area (TPSA) is 150 Å². The average Bonchev–Trinajstić information content (AvgIpc) is 2.58. The van der Waals surface area contributed by atoms with Crippen molar-refractivity contribution in [3.8, 4) is 18.2 Å². The first-order valence-corrected chi connectivity index (χ1v) is 6.45. The molecule has 0 unspecified atom stereocenters. The van der Waals surface area contributed by atoms with Gasteiger partial charge in [0.1, 0.15) is 23.8 Å². The molecule has 0 saturated carbocycles. The van der Waals surface area contributed by atoms with Gasteiger partial charge in [-0.2, -0.15) is 25.9 Å². The van der Waals surface area contributed by atoms with E-state index in [1.165, 1.54) is 6.20 Å². The third kappa shape index (κ3) is 3.37. The Bertz CT molecular complexity index is 801. The van der Waals surface area contributed by atoms with Crippen molar-refractivity contribution in [3.05, 3.63) is 35.7 Å². The highest BCUT2D eigenvalue weighted by molar-refractivity contribution is 7.80. The Hall–Kier alpha value is -3.57. The van der Waals surface area contributed by atoms with Crippen LogP contribution in [0.4, 0.5) is 0 Å². The molecule has 0 saturated heterocycles. The number of nitrogens with two attached hydrogens (primary N) is 1. The molecule has 0 atom stereocenters. The van der Waals surface area contributed by atoms with Gasteiger partial charge in [-0.05, 0) is 31.1 Å². The van der Waals surface area contributed by atoms with Crippen molar-refractivity contribution in [3.63, 3.8) is 0 Å². The van der Waals surface area contributed by atoms with Gasteiger partial charge in [0.15, 0.2) is 5.11 Å². The molecule has 0 aliphatic rings. The Labute approximate surface area is 137 Å². The minimum Gasteiger partial charge on any atom is -0.375 e. The normalized spacial score (nSPS) is 10.4. The molecule has 0 amide bonds. The minimum absolute atomic E-state index is 0.364. The molecule has 9 heteroatoms. The number of thiocarbonyl (C=S) groups is 1. The molecule has 1 rings (SSSR count). The number of nitriles is 3. The van der Waals surface area contributed by atoms with E-state index in [1.807, 2.05) is 0 Å². The van der Waals surface area contributed by atoms with Gasteiger partial charge >= 0.3 is 0 Å². The predicted molar refractivity (Wildman–Crippen MR) is 85.9 cm³/mol. The number of hydrazone groups is 1. The number of nitrogens with one attached hydrogen (secondary N) is 1. The molecule has 0 aliphatic carbocycles. The summed E-state index contributed by atoms with van der Waals surface area (Å²) in [6, 6.07) is 8.24. The summed E-state index contributed by atoms with van der Waals surface area (Å²) in [5, 5.41) is 39.4. The zero-order valence-electron chi connectivity index (χ0n) is 12.0. The maximum absolute atomic E-state index is 9.41. The first-order valence-electron chi connectivity index (χ1n) is 6.04. The average molecular weight is 322 g/mol. The fourth-order valence-corrected chi connectivity index (χ4v) is 1.79. The standard InChI is InChI=1S/C14H10N8S/c1-10(11-3-2-4-20-7-11)21-22(13(19)23)14(8-17,9-18)12(5-15)6-16/h2-4,7,15H,1H3,(H2,19,23)/b21-10-. The molecule has 23 heavy (non-hydrogen) atoms. The lowest BCUT2D eigenvalue weighted by Crippen LogP contribution is -2.51. The molecule has 0 spiro atoms. The van der Waals surface area contributed by atoms with Gasteiger partial charge in [0, 0.05) is 18.0 Å². The van der Waals surface area contributed by atoms with Gasteiger partial charge in [-0.1, -0.05) is 6.07 Å². The molecular formula is C14H10N8S. The van der Waals surface area contributed by atoms with E-state index < -0.39 is 16.2 Å². The third-order valence-corrected chi connectivity index (χ3v) is 2.95. The van der Waals surface area contributed by atoms with Crippen molar-refractivity contribution in [2.75, 3.05) is 0 Å². The van der Waals surface area contributed by atoms with Gasteiger partial charge in [-0.25, -0.2) is 0 Å². The molecule has 0 radical (unpaired) electrons. The quantitative estimate of drug-likeness (QED) is 0.361. The zero-order valence-corrected chi connectivity index (χ0v) is 12.8. The van der Waals surface area contributed by atoms with Crippen LogP contribution in [0.25, 0.3) is 0 Å². The molecule has 0 aliphatic heterocycles. The first-order chi connectivity index (χ1) is 11.0. The lowest BCUT2D eigenvalue weighted by atomic mass is 9.94. The summed E-state index contributed by atoms with van der Waals surface area (Å²) < 4.78 is 0. The maximum Gasteiger partial charge on any atom is 0.279 e. The Morgan fingerprint density at radius 1 is 1.43 bits per heavy atom. The highest BCUT2D eigenvalue weighted by Gasteiger charge is 2.44. The number of hydrogen-bond acceptors (Lipinski definition) is 7. The summed E-state index contributed by atoms with van der Waals surface area (Å²) in [4.78, 5) is 3.93. The fraction of sp³-hybridized carbons (Fsp3) is 0.143. The van der Waals surface area contributed by atoms with E-state index >= 15 is 0 Å². The van der Waals surface area contributed by atoms with Gasteiger partial charge in [-0.15, -0.1) is 0 Å². The van der Waals surface area contributed by atoms with Gasteiger partial charge in [0.05, 0.1) is 5.71 Å². The number of rotatable bonds is 4. The fourth-order valence-electron chi connectivity index (χ4n) is 1.61. The van der Waals surface area contributed by atoms with Crippen LogP contribution in [-0.2, 0) is 0 Å². The van der Waals surface area contributed by atoms with Crippen molar-refractivity contribution >= 4 is 28.9 Å². The molecule has 1 aromatic heterocycles. The van der Waals surface area contributed by atoms with Crippen LogP contribution in [0, 0.1) is 39.4 Å². The van der Waals surface area contributed by atoms with E-state index in [0.29, 0.717) is 11.3 Å². The van der Waals surface area contributed by atoms with Crippen LogP contribution < -0.4 is 5.73 Å². The molecule has 3 N–H and O–H groups in total. The van der Waals surface area contributed by atoms with Crippen molar-refractivity contribution in [1.82, 2.24) is 9.99 Å². The van der Waals surface area contributed by atoms with Crippen LogP contribution in [-0.4, -0.2) is 32.2 Å². The van der Waals surface area contributed by atoms with Crippen LogP contribution >= 0.6 is 12.2 Å². The van der Waals surface area contributed by atoms with Crippen molar-refractivity contribution in [2.45, 2.75) is 12.5 Å². The molecule has 112 valence electrons. The Morgan fingerprint density at radius 3 is 2.48 bits per heavy atom. The van der Waals surface area contributed by atoms with E-state index in [2.05, 4.69) is 10.1 Å². The van der Waals surface area contributed by atoms with E-state index in [1.54, 1.807) is 49.3 Å². The van der Waals surface area contributed by atoms with Crippen molar-refractivity contribution < 1.29 is 0 Å². The SMILES string of the molecule is C/C(=N/N(C(N)=S)C(C#N)(C#N)C(=C=N)C#N)c1cccnc1. The molecule has 8 nitrogen and oxygen atoms in total. The molecule has 0 fully saturated rings. The van der Waals surface area contributed by atoms with Crippen molar-refractivity contribution in [2.24, 2.45) is 10.8 Å². The summed E-state index contributed by atoms with van der Waals surface area (Å²) in [6.45, 7) is 1.60. The van der Waals surface area contributed by atoms with Gasteiger partial charge in [0.25, 0.3) is 5.54 Å². The third-order valence-electron chi connectivity index (χ3n) is 2.78. The van der Waals surface area contributed by atoms with E-state index in [-0.39, 0.29) is 0 Å². The lowest BCUT2D eigenvalue weighted by Gasteiger charge is -2.28. The van der Waals surface area contributed by atoms with Gasteiger partial charge in [-0.3, -0.25) is 10.4 Å². The largest absolute Gasteiger partial charge is 0.375 e. The second-order valence-corrected chi connectivity index (χ2v) is 4.54. The van der Waals surface area contributed by atoms with Gasteiger partial charge in [0.2, 0.25) is 0 Å². The van der Waals surface area contributed by atoms with Gasteiger partial charge < -0.3 is 5.73 Å². The van der Waals surface area contributed by atoms with Crippen LogP contribution in [0.15, 0.2) is 35.2 Å². The van der Waals surface area contributed by atoms with E-state index in [0.717, 1.165) is 5.01 Å². The summed E-state index contributed by atoms with van der Waals surface area (Å²) in [7, 11) is 0. The van der Waals surface area contributed by atoms with Crippen molar-refractivity contribution in [1.29, 1.82) is 21.2 Å². The Morgan fingerprint density at radius 2 is 2.09 bits per heavy atom. The minimum atomic E-state index is -2.27. The molecule has 1 aromatic rings. The van der Waals surface area contributed by atoms with E-state index in [4.69, 9.17) is 28.6 Å². The van der Waals surface area contributed by atoms with Crippen LogP contribution in [0.1, 0.15) is 12.5 Å². The Balaban J connectivity index is 3.56. The van der Waals surface area contributed by atoms with Crippen LogP contribution in [0.5, 0.6) is 0 Å². The number of aromatic nitrogens is 1. The second-order valence-electron chi connectivity index (χ2n) is 4.12. The lowest BCUT2D eigenvalue weighted by molar-refractivity contribution is 0.361. The second kappa shape index (κ2) is 7.44. The monoisotopic (exact) mass is 322 g/mol. The zero-order chi connectivity index (χ0) is 17.5. The van der Waals surface area contributed by atoms with Crippen LogP contribution in [0.3, 0.4) is 0 Å². The molecule has 0 bridgehead atoms. The molecule has 0 aromatic carbocycles. The number of nitrogens with zero attached hydrogens (tertiary/aromatic N) is 6. The van der Waals surface area contributed by atoms with Crippen LogP contribution in [0.2, 0.25) is 0 Å². The summed E-state index contributed by atoms with van der Waals surface area (Å²) >= 11 is 4.85. The number of hydrogen-bond donors (Lipinski definition) is 2. The predicted octanol–water partition coefficient (Wildman–Crippen LogP) is 0.836. The maximum atomic E-state index is 9.41. The highest BCUT2D eigenvalue weighted by Crippen LogP contribution is 2.23. The highest BCUT2D eigenvalue weighted by atomic mass is 32.1. The van der Waals surface area contributed by atoms with E-state index in [9.17, 15) is 10.5 Å². The first kappa shape index (κ1) is 17.5. The summed E-state index contributed by atoms with van der Waals surface area (Å²) in [5.74, 6) is 1.76. The number of pyridine rings is 1. The summed E-state index contributed by atoms with van der Waals surface area (Å²) in [6.07, 6.45) is 3.09. The smallest absolute Gasteiger partial charge is 0.279 e. The Kier molecular flexibility index (Phi) is 5.66.